The van der Waals surface area contributed by atoms with Crippen LogP contribution in [0.3, 0.4) is 0 Å². The van der Waals surface area contributed by atoms with E-state index in [1.807, 2.05) is 18.2 Å². The molecule has 0 spiro atoms. The number of benzene rings is 1. The van der Waals surface area contributed by atoms with Gasteiger partial charge in [0.25, 0.3) is 5.91 Å². The third-order valence-corrected chi connectivity index (χ3v) is 5.72. The highest BCUT2D eigenvalue weighted by molar-refractivity contribution is 5.91. The fourth-order valence-electron chi connectivity index (χ4n) is 4.13. The summed E-state index contributed by atoms with van der Waals surface area (Å²) in [5.41, 5.74) is 2.24. The lowest BCUT2D eigenvalue weighted by molar-refractivity contribution is -0.901. The van der Waals surface area contributed by atoms with E-state index in [-0.39, 0.29) is 5.91 Å². The van der Waals surface area contributed by atoms with Crippen LogP contribution in [-0.4, -0.2) is 61.7 Å². The van der Waals surface area contributed by atoms with E-state index in [1.54, 1.807) is 17.3 Å². The molecule has 2 aliphatic heterocycles. The van der Waals surface area contributed by atoms with E-state index in [0.29, 0.717) is 6.54 Å². The summed E-state index contributed by atoms with van der Waals surface area (Å²) in [6.07, 6.45) is 6.23. The van der Waals surface area contributed by atoms with Gasteiger partial charge in [-0.1, -0.05) is 12.1 Å². The fourth-order valence-corrected chi connectivity index (χ4v) is 4.13. The number of amides is 1. The quantitative estimate of drug-likeness (QED) is 0.600. The highest BCUT2D eigenvalue weighted by Crippen LogP contribution is 2.09. The number of hydrogen-bond acceptors (Lipinski definition) is 4. The largest absolute Gasteiger partial charge is 0.331 e. The Hall–Kier alpha value is -2.51. The van der Waals surface area contributed by atoms with Crippen LogP contribution in [0.4, 0.5) is 11.6 Å². The van der Waals surface area contributed by atoms with Gasteiger partial charge >= 0.3 is 0 Å². The number of rotatable bonds is 6. The lowest BCUT2D eigenvalue weighted by Crippen LogP contribution is -3.15. The first kappa shape index (κ1) is 18.8. The third-order valence-electron chi connectivity index (χ3n) is 5.72. The van der Waals surface area contributed by atoms with Crippen molar-refractivity contribution in [1.82, 2.24) is 9.97 Å². The standard InChI is InChI=1S/C21H28N6O/c28-20(17-26-12-14-27(15-13-26)21-22-8-3-9-23-21)24-19-6-4-18(5-7-19)16-25-10-1-2-11-25/h3-9H,1-2,10-17H2,(H,24,28)/p+2. The Kier molecular flexibility index (Phi) is 6.14. The van der Waals surface area contributed by atoms with Crippen LogP contribution in [0.25, 0.3) is 0 Å². The van der Waals surface area contributed by atoms with Gasteiger partial charge in [-0.05, 0) is 18.2 Å². The van der Waals surface area contributed by atoms with Crippen LogP contribution in [0, 0.1) is 0 Å². The molecule has 4 rings (SSSR count). The molecule has 0 unspecified atom stereocenters. The van der Waals surface area contributed by atoms with E-state index in [9.17, 15) is 4.79 Å². The molecule has 2 aliphatic rings. The zero-order chi connectivity index (χ0) is 19.2. The molecule has 1 aromatic carbocycles. The van der Waals surface area contributed by atoms with Crippen molar-refractivity contribution in [3.63, 3.8) is 0 Å². The molecule has 1 aromatic heterocycles. The van der Waals surface area contributed by atoms with Gasteiger partial charge in [0.05, 0.1) is 39.3 Å². The number of quaternary nitrogens is 2. The number of nitrogens with one attached hydrogen (secondary N) is 3. The molecule has 1 amide bonds. The maximum atomic E-state index is 12.4. The number of hydrogen-bond donors (Lipinski definition) is 3. The Morgan fingerprint density at radius 1 is 0.964 bits per heavy atom. The van der Waals surface area contributed by atoms with Crippen LogP contribution in [0.15, 0.2) is 42.7 Å². The van der Waals surface area contributed by atoms with Crippen molar-refractivity contribution in [1.29, 1.82) is 0 Å². The second kappa shape index (κ2) is 9.12. The fraction of sp³-hybridized carbons (Fsp3) is 0.476. The predicted molar refractivity (Wildman–Crippen MR) is 109 cm³/mol. The number of piperazine rings is 1. The summed E-state index contributed by atoms with van der Waals surface area (Å²) in [6.45, 7) is 7.75. The minimum atomic E-state index is 0.0809. The molecule has 2 fully saturated rings. The third kappa shape index (κ3) is 5.05. The number of aromatic nitrogens is 2. The molecule has 7 heteroatoms. The van der Waals surface area contributed by atoms with E-state index in [1.165, 1.54) is 36.4 Å². The summed E-state index contributed by atoms with van der Waals surface area (Å²) in [5, 5.41) is 3.05. The minimum absolute atomic E-state index is 0.0809. The van der Waals surface area contributed by atoms with Crippen LogP contribution in [0.2, 0.25) is 0 Å². The summed E-state index contributed by atoms with van der Waals surface area (Å²) < 4.78 is 0. The van der Waals surface area contributed by atoms with Crippen molar-refractivity contribution in [2.24, 2.45) is 0 Å². The first-order valence-corrected chi connectivity index (χ1v) is 10.3. The normalized spacial score (nSPS) is 18.4. The summed E-state index contributed by atoms with van der Waals surface area (Å²) in [4.78, 5) is 26.2. The van der Waals surface area contributed by atoms with Crippen molar-refractivity contribution in [2.75, 3.05) is 56.0 Å². The number of anilines is 2. The summed E-state index contributed by atoms with van der Waals surface area (Å²) in [7, 11) is 0. The molecule has 3 heterocycles. The molecule has 28 heavy (non-hydrogen) atoms. The van der Waals surface area contributed by atoms with Crippen LogP contribution >= 0.6 is 0 Å². The Labute approximate surface area is 166 Å². The zero-order valence-electron chi connectivity index (χ0n) is 16.4. The van der Waals surface area contributed by atoms with E-state index in [4.69, 9.17) is 0 Å². The first-order valence-electron chi connectivity index (χ1n) is 10.3. The van der Waals surface area contributed by atoms with Gasteiger partial charge in [0.1, 0.15) is 6.54 Å². The number of nitrogens with zero attached hydrogens (tertiary/aromatic N) is 3. The van der Waals surface area contributed by atoms with Crippen LogP contribution < -0.4 is 20.0 Å². The second-order valence-electron chi connectivity index (χ2n) is 7.84. The number of carbonyl (C=O) groups excluding carboxylic acids is 1. The molecule has 0 radical (unpaired) electrons. The summed E-state index contributed by atoms with van der Waals surface area (Å²) >= 11 is 0. The molecule has 0 bridgehead atoms. The zero-order valence-corrected chi connectivity index (χ0v) is 16.4. The van der Waals surface area contributed by atoms with E-state index in [0.717, 1.165) is 44.4 Å². The highest BCUT2D eigenvalue weighted by atomic mass is 16.2. The molecule has 0 saturated carbocycles. The molecule has 0 aliphatic carbocycles. The molecule has 7 nitrogen and oxygen atoms in total. The van der Waals surface area contributed by atoms with Gasteiger partial charge in [0.2, 0.25) is 5.95 Å². The number of likely N-dealkylation sites (tertiary alicyclic amines) is 1. The Morgan fingerprint density at radius 3 is 2.32 bits per heavy atom. The van der Waals surface area contributed by atoms with Crippen molar-refractivity contribution < 1.29 is 14.6 Å². The van der Waals surface area contributed by atoms with Crippen molar-refractivity contribution in [2.45, 2.75) is 19.4 Å². The van der Waals surface area contributed by atoms with Gasteiger partial charge in [-0.2, -0.15) is 0 Å². The molecule has 3 N–H and O–H groups in total. The van der Waals surface area contributed by atoms with Gasteiger partial charge < -0.3 is 20.0 Å². The van der Waals surface area contributed by atoms with E-state index >= 15 is 0 Å². The predicted octanol–water partition coefficient (Wildman–Crippen LogP) is -1.00. The monoisotopic (exact) mass is 382 g/mol. The molecule has 2 saturated heterocycles. The molecule has 2 aromatic rings. The van der Waals surface area contributed by atoms with Crippen LogP contribution in [-0.2, 0) is 11.3 Å². The Balaban J connectivity index is 1.21. The minimum Gasteiger partial charge on any atom is -0.331 e. The lowest BCUT2D eigenvalue weighted by atomic mass is 10.2. The number of carbonyl (C=O) groups is 1. The SMILES string of the molecule is O=C(C[NH+]1CCN(c2ncccn2)CC1)Nc1ccc(C[NH+]2CCCC2)cc1. The maximum Gasteiger partial charge on any atom is 0.279 e. The van der Waals surface area contributed by atoms with Gasteiger partial charge in [0.15, 0.2) is 6.54 Å². The summed E-state index contributed by atoms with van der Waals surface area (Å²) in [6, 6.07) is 10.2. The molecule has 148 valence electrons. The van der Waals surface area contributed by atoms with Gasteiger partial charge in [-0.25, -0.2) is 9.97 Å². The van der Waals surface area contributed by atoms with Crippen LogP contribution in [0.5, 0.6) is 0 Å². The smallest absolute Gasteiger partial charge is 0.279 e. The highest BCUT2D eigenvalue weighted by Gasteiger charge is 2.23. The van der Waals surface area contributed by atoms with E-state index < -0.39 is 0 Å². The average molecular weight is 383 g/mol. The molecular formula is C21H30N6O+2. The van der Waals surface area contributed by atoms with Gasteiger partial charge in [-0.15, -0.1) is 0 Å². The Morgan fingerprint density at radius 2 is 1.64 bits per heavy atom. The molecule has 0 atom stereocenters. The maximum absolute atomic E-state index is 12.4. The first-order chi connectivity index (χ1) is 13.8. The average Bonchev–Trinajstić information content (AvgIpc) is 3.24. The Bertz CT molecular complexity index is 752. The van der Waals surface area contributed by atoms with Crippen molar-refractivity contribution >= 4 is 17.5 Å². The molecular weight excluding hydrogens is 352 g/mol. The topological polar surface area (TPSA) is 67.0 Å². The van der Waals surface area contributed by atoms with E-state index in [2.05, 4.69) is 32.3 Å². The second-order valence-corrected chi connectivity index (χ2v) is 7.84. The van der Waals surface area contributed by atoms with Crippen molar-refractivity contribution in [3.05, 3.63) is 48.3 Å². The summed E-state index contributed by atoms with van der Waals surface area (Å²) in [5.74, 6) is 0.860. The van der Waals surface area contributed by atoms with Crippen molar-refractivity contribution in [3.8, 4) is 0 Å². The van der Waals surface area contributed by atoms with Gasteiger partial charge in [-0.3, -0.25) is 4.79 Å². The van der Waals surface area contributed by atoms with Gasteiger partial charge in [0, 0.05) is 36.5 Å². The van der Waals surface area contributed by atoms with Crippen LogP contribution in [0.1, 0.15) is 18.4 Å². The lowest BCUT2D eigenvalue weighted by Gasteiger charge is -2.31.